The molecule has 1 amide bonds. The molecule has 7 nitrogen and oxygen atoms in total. The van der Waals surface area contributed by atoms with Crippen LogP contribution in [0, 0.1) is 6.92 Å². The van der Waals surface area contributed by atoms with Gasteiger partial charge in [-0.2, -0.15) is 0 Å². The Morgan fingerprint density at radius 3 is 2.56 bits per heavy atom. The van der Waals surface area contributed by atoms with E-state index < -0.39 is 0 Å². The van der Waals surface area contributed by atoms with Gasteiger partial charge >= 0.3 is 5.97 Å². The molecule has 0 fully saturated rings. The van der Waals surface area contributed by atoms with Gasteiger partial charge < -0.3 is 10.1 Å². The molecule has 1 aliphatic rings. The van der Waals surface area contributed by atoms with Gasteiger partial charge in [0.05, 0.1) is 6.61 Å². The monoisotopic (exact) mass is 456 g/mol. The smallest absolute Gasteiger partial charge is 0.334 e. The van der Waals surface area contributed by atoms with E-state index in [1.165, 1.54) is 11.9 Å². The van der Waals surface area contributed by atoms with Crippen molar-refractivity contribution in [1.29, 1.82) is 0 Å². The van der Waals surface area contributed by atoms with Crippen molar-refractivity contribution in [3.05, 3.63) is 95.1 Å². The molecule has 2 heterocycles. The maximum absolute atomic E-state index is 12.7. The van der Waals surface area contributed by atoms with E-state index in [0.717, 1.165) is 29.8 Å². The molecule has 0 spiro atoms. The van der Waals surface area contributed by atoms with Crippen molar-refractivity contribution in [1.82, 2.24) is 14.9 Å². The molecule has 0 bridgehead atoms. The number of anilines is 1. The van der Waals surface area contributed by atoms with Crippen molar-refractivity contribution in [3.63, 3.8) is 0 Å². The molecule has 1 N–H and O–H groups in total. The van der Waals surface area contributed by atoms with Crippen LogP contribution in [0.2, 0.25) is 0 Å². The standard InChI is InChI=1S/C27H28N4O3/c1-3-34-27(33)23-13-14-31(16-20-7-5-4-6-8-20)17-24(23)21-9-11-22(12-10-21)30-26(32)25-19(2)15-28-18-29-25/h4-12,15,18H,3,13-14,16-17H2,1-2H3,(H,30,32). The fraction of sp³-hybridized carbons (Fsp3) is 0.259. The molecule has 1 aliphatic heterocycles. The van der Waals surface area contributed by atoms with Gasteiger partial charge in [0.15, 0.2) is 0 Å². The number of carbonyl (C=O) groups is 2. The van der Waals surface area contributed by atoms with Gasteiger partial charge in [0.2, 0.25) is 0 Å². The quantitative estimate of drug-likeness (QED) is 0.535. The molecule has 7 heteroatoms. The van der Waals surface area contributed by atoms with Crippen LogP contribution < -0.4 is 5.32 Å². The third-order valence-electron chi connectivity index (χ3n) is 5.80. The van der Waals surface area contributed by atoms with Crippen molar-refractivity contribution in [2.24, 2.45) is 0 Å². The average Bonchev–Trinajstić information content (AvgIpc) is 2.85. The summed E-state index contributed by atoms with van der Waals surface area (Å²) in [5.41, 5.74) is 5.57. The molecule has 3 aromatic rings. The fourth-order valence-electron chi connectivity index (χ4n) is 4.09. The van der Waals surface area contributed by atoms with Gasteiger partial charge in [0.25, 0.3) is 5.91 Å². The van der Waals surface area contributed by atoms with Crippen molar-refractivity contribution in [3.8, 4) is 0 Å². The second-order valence-electron chi connectivity index (χ2n) is 8.21. The maximum atomic E-state index is 12.7. The zero-order valence-corrected chi connectivity index (χ0v) is 19.5. The summed E-state index contributed by atoms with van der Waals surface area (Å²) >= 11 is 0. The van der Waals surface area contributed by atoms with E-state index in [-0.39, 0.29) is 11.9 Å². The Hall–Kier alpha value is -3.84. The van der Waals surface area contributed by atoms with Crippen molar-refractivity contribution >= 4 is 23.1 Å². The van der Waals surface area contributed by atoms with Crippen molar-refractivity contribution < 1.29 is 14.3 Å². The number of nitrogens with one attached hydrogen (secondary N) is 1. The summed E-state index contributed by atoms with van der Waals surface area (Å²) in [4.78, 5) is 35.6. The fourth-order valence-corrected chi connectivity index (χ4v) is 4.09. The first-order valence-corrected chi connectivity index (χ1v) is 11.4. The number of aromatic nitrogens is 2. The summed E-state index contributed by atoms with van der Waals surface area (Å²) in [5.74, 6) is -0.542. The van der Waals surface area contributed by atoms with Crippen LogP contribution in [0.3, 0.4) is 0 Å². The second-order valence-corrected chi connectivity index (χ2v) is 8.21. The Labute approximate surface area is 199 Å². The molecule has 0 saturated heterocycles. The Morgan fingerprint density at radius 2 is 1.85 bits per heavy atom. The normalized spacial score (nSPS) is 14.1. The molecule has 0 atom stereocenters. The SMILES string of the molecule is CCOC(=O)C1=C(c2ccc(NC(=O)c3ncncc3C)cc2)CN(Cc2ccccc2)CC1. The van der Waals surface area contributed by atoms with E-state index in [1.807, 2.05) is 49.4 Å². The molecule has 0 aliphatic carbocycles. The van der Waals surface area contributed by atoms with Gasteiger partial charge in [0, 0.05) is 37.1 Å². The van der Waals surface area contributed by atoms with E-state index in [0.29, 0.717) is 36.5 Å². The van der Waals surface area contributed by atoms with Crippen molar-refractivity contribution in [2.45, 2.75) is 26.8 Å². The Balaban J connectivity index is 1.55. The lowest BCUT2D eigenvalue weighted by molar-refractivity contribution is -0.138. The van der Waals surface area contributed by atoms with Crippen LogP contribution in [0.15, 0.2) is 72.7 Å². The van der Waals surface area contributed by atoms with E-state index >= 15 is 0 Å². The van der Waals surface area contributed by atoms with Crippen LogP contribution in [0.1, 0.15) is 40.5 Å². The van der Waals surface area contributed by atoms with Crippen LogP contribution in [0.4, 0.5) is 5.69 Å². The summed E-state index contributed by atoms with van der Waals surface area (Å²) in [6.45, 7) is 6.21. The minimum atomic E-state index is -0.286. The van der Waals surface area contributed by atoms with Gasteiger partial charge in [-0.05, 0) is 54.7 Å². The Bertz CT molecular complexity index is 1190. The first-order chi connectivity index (χ1) is 16.5. The third-order valence-corrected chi connectivity index (χ3v) is 5.80. The van der Waals surface area contributed by atoms with Crippen LogP contribution in [-0.2, 0) is 16.1 Å². The second kappa shape index (κ2) is 10.9. The number of ether oxygens (including phenoxy) is 1. The zero-order chi connectivity index (χ0) is 23.9. The summed E-state index contributed by atoms with van der Waals surface area (Å²) in [7, 11) is 0. The highest BCUT2D eigenvalue weighted by atomic mass is 16.5. The summed E-state index contributed by atoms with van der Waals surface area (Å²) < 4.78 is 5.34. The van der Waals surface area contributed by atoms with E-state index in [4.69, 9.17) is 4.74 Å². The molecule has 174 valence electrons. The third kappa shape index (κ3) is 5.55. The number of amides is 1. The topological polar surface area (TPSA) is 84.4 Å². The number of hydrogen-bond donors (Lipinski definition) is 1. The predicted molar refractivity (Wildman–Crippen MR) is 131 cm³/mol. The van der Waals surface area contributed by atoms with Crippen LogP contribution in [0.5, 0.6) is 0 Å². The van der Waals surface area contributed by atoms with Gasteiger partial charge in [-0.15, -0.1) is 0 Å². The summed E-state index contributed by atoms with van der Waals surface area (Å²) in [6.07, 6.45) is 3.60. The molecule has 1 aromatic heterocycles. The lowest BCUT2D eigenvalue weighted by Gasteiger charge is -2.30. The van der Waals surface area contributed by atoms with E-state index in [1.54, 1.807) is 13.1 Å². The molecule has 2 aromatic carbocycles. The summed E-state index contributed by atoms with van der Waals surface area (Å²) in [6, 6.07) is 17.9. The van der Waals surface area contributed by atoms with Crippen LogP contribution >= 0.6 is 0 Å². The number of benzene rings is 2. The zero-order valence-electron chi connectivity index (χ0n) is 19.5. The molecule has 34 heavy (non-hydrogen) atoms. The average molecular weight is 457 g/mol. The number of carbonyl (C=O) groups excluding carboxylic acids is 2. The lowest BCUT2D eigenvalue weighted by atomic mass is 9.93. The van der Waals surface area contributed by atoms with Gasteiger partial charge in [-0.25, -0.2) is 14.8 Å². The molecular weight excluding hydrogens is 428 g/mol. The molecule has 0 saturated carbocycles. The van der Waals surface area contributed by atoms with Gasteiger partial charge in [-0.1, -0.05) is 42.5 Å². The highest BCUT2D eigenvalue weighted by molar-refractivity contribution is 6.04. The number of nitrogens with zero attached hydrogens (tertiary/aromatic N) is 3. The minimum absolute atomic E-state index is 0.256. The molecule has 0 radical (unpaired) electrons. The number of hydrogen-bond acceptors (Lipinski definition) is 6. The minimum Gasteiger partial charge on any atom is -0.463 e. The maximum Gasteiger partial charge on any atom is 0.334 e. The van der Waals surface area contributed by atoms with Crippen LogP contribution in [-0.4, -0.2) is 46.4 Å². The predicted octanol–water partition coefficient (Wildman–Crippen LogP) is 4.26. The number of aryl methyl sites for hydroxylation is 1. The first-order valence-electron chi connectivity index (χ1n) is 11.4. The number of rotatable bonds is 7. The highest BCUT2D eigenvalue weighted by Gasteiger charge is 2.25. The Kier molecular flexibility index (Phi) is 7.44. The largest absolute Gasteiger partial charge is 0.463 e. The lowest BCUT2D eigenvalue weighted by Crippen LogP contribution is -2.33. The van der Waals surface area contributed by atoms with Gasteiger partial charge in [0.1, 0.15) is 12.0 Å². The van der Waals surface area contributed by atoms with E-state index in [2.05, 4.69) is 32.3 Å². The highest BCUT2D eigenvalue weighted by Crippen LogP contribution is 2.29. The first kappa shape index (κ1) is 23.3. The summed E-state index contributed by atoms with van der Waals surface area (Å²) in [5, 5.41) is 2.88. The van der Waals surface area contributed by atoms with Crippen LogP contribution in [0.25, 0.3) is 5.57 Å². The Morgan fingerprint density at radius 1 is 1.09 bits per heavy atom. The van der Waals surface area contributed by atoms with Crippen molar-refractivity contribution in [2.75, 3.05) is 25.0 Å². The number of esters is 1. The molecular formula is C27H28N4O3. The van der Waals surface area contributed by atoms with Gasteiger partial charge in [-0.3, -0.25) is 9.69 Å². The molecule has 4 rings (SSSR count). The molecule has 0 unspecified atom stereocenters. The van der Waals surface area contributed by atoms with E-state index in [9.17, 15) is 9.59 Å².